The van der Waals surface area contributed by atoms with E-state index in [-0.39, 0.29) is 0 Å². The van der Waals surface area contributed by atoms with E-state index in [1.807, 2.05) is 18.2 Å². The molecule has 0 saturated carbocycles. The van der Waals surface area contributed by atoms with Gasteiger partial charge >= 0.3 is 0 Å². The number of ether oxygens (including phenoxy) is 2. The number of guanidine groups is 1. The molecule has 0 bridgehead atoms. The highest BCUT2D eigenvalue weighted by atomic mass is 79.9. The fourth-order valence-electron chi connectivity index (χ4n) is 2.38. The molecule has 0 radical (unpaired) electrons. The van der Waals surface area contributed by atoms with Gasteiger partial charge in [0.15, 0.2) is 5.96 Å². The Hall–Kier alpha value is -1.31. The first-order valence-electron chi connectivity index (χ1n) is 7.85. The van der Waals surface area contributed by atoms with Crippen LogP contribution < -0.4 is 15.8 Å². The van der Waals surface area contributed by atoms with E-state index in [4.69, 9.17) is 15.2 Å². The van der Waals surface area contributed by atoms with Crippen molar-refractivity contribution in [2.45, 2.75) is 13.0 Å². The summed E-state index contributed by atoms with van der Waals surface area (Å²) in [4.78, 5) is 6.77. The van der Waals surface area contributed by atoms with E-state index in [2.05, 4.69) is 31.1 Å². The first-order chi connectivity index (χ1) is 11.2. The van der Waals surface area contributed by atoms with Crippen molar-refractivity contribution in [1.29, 1.82) is 0 Å². The minimum Gasteiger partial charge on any atom is -0.496 e. The summed E-state index contributed by atoms with van der Waals surface area (Å²) in [5.41, 5.74) is 6.98. The van der Waals surface area contributed by atoms with Gasteiger partial charge in [-0.05, 0) is 46.6 Å². The summed E-state index contributed by atoms with van der Waals surface area (Å²) in [6, 6.07) is 5.90. The second-order valence-electron chi connectivity index (χ2n) is 5.40. The average molecular weight is 385 g/mol. The molecule has 1 aromatic rings. The van der Waals surface area contributed by atoms with Gasteiger partial charge in [0.05, 0.1) is 31.3 Å². The van der Waals surface area contributed by atoms with Crippen LogP contribution in [0.3, 0.4) is 0 Å². The lowest BCUT2D eigenvalue weighted by Gasteiger charge is -2.26. The van der Waals surface area contributed by atoms with Crippen molar-refractivity contribution < 1.29 is 9.47 Å². The molecule has 128 valence electrons. The number of hydrogen-bond donors (Lipinski definition) is 2. The molecule has 1 saturated heterocycles. The van der Waals surface area contributed by atoms with Crippen molar-refractivity contribution in [1.82, 2.24) is 10.2 Å². The third-order valence-corrected chi connectivity index (χ3v) is 4.33. The number of aliphatic imine (C=N–C) groups is 1. The summed E-state index contributed by atoms with van der Waals surface area (Å²) in [6.07, 6.45) is 1.05. The molecule has 0 amide bonds. The Morgan fingerprint density at radius 1 is 1.43 bits per heavy atom. The van der Waals surface area contributed by atoms with E-state index in [1.54, 1.807) is 7.11 Å². The standard InChI is InChI=1S/C16H25BrN4O2/c1-22-15-4-3-13(11-14(15)17)12-20-16(18)19-5-2-6-21-7-9-23-10-8-21/h3-4,11H,2,5-10,12H2,1H3,(H3,18,19,20). The van der Waals surface area contributed by atoms with Gasteiger partial charge < -0.3 is 20.5 Å². The fourth-order valence-corrected chi connectivity index (χ4v) is 2.97. The van der Waals surface area contributed by atoms with Crippen LogP contribution in [0, 0.1) is 0 Å². The van der Waals surface area contributed by atoms with Crippen LogP contribution in [-0.2, 0) is 11.3 Å². The molecule has 2 rings (SSSR count). The van der Waals surface area contributed by atoms with Crippen LogP contribution in [-0.4, -0.2) is 57.4 Å². The molecule has 1 heterocycles. The number of morpholine rings is 1. The molecule has 0 aromatic heterocycles. The SMILES string of the molecule is COc1ccc(CN=C(N)NCCCN2CCOCC2)cc1Br. The number of halogens is 1. The largest absolute Gasteiger partial charge is 0.496 e. The van der Waals surface area contributed by atoms with E-state index >= 15 is 0 Å². The van der Waals surface area contributed by atoms with Gasteiger partial charge in [-0.25, -0.2) is 4.99 Å². The molecular weight excluding hydrogens is 360 g/mol. The van der Waals surface area contributed by atoms with E-state index in [0.29, 0.717) is 12.5 Å². The van der Waals surface area contributed by atoms with Crippen LogP contribution in [0.4, 0.5) is 0 Å². The molecule has 1 aliphatic heterocycles. The monoisotopic (exact) mass is 384 g/mol. The van der Waals surface area contributed by atoms with Crippen LogP contribution in [0.1, 0.15) is 12.0 Å². The molecule has 1 fully saturated rings. The van der Waals surface area contributed by atoms with Crippen molar-refractivity contribution in [3.63, 3.8) is 0 Å². The molecule has 1 aliphatic rings. The van der Waals surface area contributed by atoms with Gasteiger partial charge in [0, 0.05) is 19.6 Å². The minimum atomic E-state index is 0.485. The lowest BCUT2D eigenvalue weighted by molar-refractivity contribution is 0.0376. The lowest BCUT2D eigenvalue weighted by Crippen LogP contribution is -2.39. The highest BCUT2D eigenvalue weighted by Crippen LogP contribution is 2.25. The van der Waals surface area contributed by atoms with Gasteiger partial charge in [0.1, 0.15) is 5.75 Å². The van der Waals surface area contributed by atoms with Crippen LogP contribution in [0.25, 0.3) is 0 Å². The molecule has 0 spiro atoms. The maximum Gasteiger partial charge on any atom is 0.188 e. The van der Waals surface area contributed by atoms with Crippen molar-refractivity contribution in [2.24, 2.45) is 10.7 Å². The summed E-state index contributed by atoms with van der Waals surface area (Å²) in [5.74, 6) is 1.30. The number of nitrogens with two attached hydrogens (primary N) is 1. The van der Waals surface area contributed by atoms with Crippen LogP contribution in [0.15, 0.2) is 27.7 Å². The topological polar surface area (TPSA) is 72.1 Å². The molecule has 0 unspecified atom stereocenters. The first kappa shape index (κ1) is 18.0. The number of methoxy groups -OCH3 is 1. The molecule has 0 aliphatic carbocycles. The Balaban J connectivity index is 1.67. The highest BCUT2D eigenvalue weighted by molar-refractivity contribution is 9.10. The predicted molar refractivity (Wildman–Crippen MR) is 95.9 cm³/mol. The number of nitrogens with zero attached hydrogens (tertiary/aromatic N) is 2. The van der Waals surface area contributed by atoms with E-state index < -0.39 is 0 Å². The molecule has 7 heteroatoms. The first-order valence-corrected chi connectivity index (χ1v) is 8.64. The van der Waals surface area contributed by atoms with Gasteiger partial charge in [-0.3, -0.25) is 4.90 Å². The van der Waals surface area contributed by atoms with Gasteiger partial charge in [0.25, 0.3) is 0 Å². The van der Waals surface area contributed by atoms with Crippen LogP contribution in [0.2, 0.25) is 0 Å². The number of nitrogens with one attached hydrogen (secondary N) is 1. The lowest BCUT2D eigenvalue weighted by atomic mass is 10.2. The fraction of sp³-hybridized carbons (Fsp3) is 0.562. The zero-order valence-corrected chi connectivity index (χ0v) is 15.1. The summed E-state index contributed by atoms with van der Waals surface area (Å²) < 4.78 is 11.5. The normalized spacial score (nSPS) is 16.3. The zero-order chi connectivity index (χ0) is 16.5. The second kappa shape index (κ2) is 9.75. The van der Waals surface area contributed by atoms with Crippen molar-refractivity contribution in [3.8, 4) is 5.75 Å². The second-order valence-corrected chi connectivity index (χ2v) is 6.26. The summed E-state index contributed by atoms with van der Waals surface area (Å²) in [6.45, 7) is 6.17. The van der Waals surface area contributed by atoms with Gasteiger partial charge in [0.2, 0.25) is 0 Å². The van der Waals surface area contributed by atoms with Crippen LogP contribution in [0.5, 0.6) is 5.75 Å². The van der Waals surface area contributed by atoms with Crippen molar-refractivity contribution >= 4 is 21.9 Å². The van der Waals surface area contributed by atoms with Gasteiger partial charge in [-0.15, -0.1) is 0 Å². The minimum absolute atomic E-state index is 0.485. The van der Waals surface area contributed by atoms with Crippen molar-refractivity contribution in [3.05, 3.63) is 28.2 Å². The Labute approximate surface area is 146 Å². The van der Waals surface area contributed by atoms with E-state index in [1.165, 1.54) is 0 Å². The van der Waals surface area contributed by atoms with Crippen LogP contribution >= 0.6 is 15.9 Å². The third-order valence-electron chi connectivity index (χ3n) is 3.71. The number of rotatable bonds is 7. The Kier molecular flexibility index (Phi) is 7.64. The molecular formula is C16H25BrN4O2. The smallest absolute Gasteiger partial charge is 0.188 e. The summed E-state index contributed by atoms with van der Waals surface area (Å²) >= 11 is 3.47. The number of hydrogen-bond acceptors (Lipinski definition) is 4. The quantitative estimate of drug-likeness (QED) is 0.424. The summed E-state index contributed by atoms with van der Waals surface area (Å²) in [5, 5.41) is 3.16. The van der Waals surface area contributed by atoms with Crippen molar-refractivity contribution in [2.75, 3.05) is 46.5 Å². The maximum absolute atomic E-state index is 5.90. The van der Waals surface area contributed by atoms with Gasteiger partial charge in [-0.1, -0.05) is 6.07 Å². The molecule has 3 N–H and O–H groups in total. The maximum atomic E-state index is 5.90. The summed E-state index contributed by atoms with van der Waals surface area (Å²) in [7, 11) is 1.65. The zero-order valence-electron chi connectivity index (χ0n) is 13.6. The Morgan fingerprint density at radius 3 is 2.91 bits per heavy atom. The molecule has 6 nitrogen and oxygen atoms in total. The predicted octanol–water partition coefficient (Wildman–Crippen LogP) is 1.58. The molecule has 1 aromatic carbocycles. The van der Waals surface area contributed by atoms with E-state index in [0.717, 1.165) is 61.6 Å². The highest BCUT2D eigenvalue weighted by Gasteiger charge is 2.09. The Bertz CT molecular complexity index is 519. The Morgan fingerprint density at radius 2 is 2.22 bits per heavy atom. The molecule has 23 heavy (non-hydrogen) atoms. The van der Waals surface area contributed by atoms with E-state index in [9.17, 15) is 0 Å². The number of benzene rings is 1. The third kappa shape index (κ3) is 6.37. The average Bonchev–Trinajstić information content (AvgIpc) is 2.58. The molecule has 0 atom stereocenters. The van der Waals surface area contributed by atoms with Gasteiger partial charge in [-0.2, -0.15) is 0 Å².